The molecule has 1 amide bonds. The molecule has 0 aromatic carbocycles. The van der Waals surface area contributed by atoms with Gasteiger partial charge in [0, 0.05) is 23.5 Å². The first kappa shape index (κ1) is 22.3. The molecule has 0 atom stereocenters. The van der Waals surface area contributed by atoms with Gasteiger partial charge in [-0.25, -0.2) is 0 Å². The molecule has 3 aliphatic carbocycles. The summed E-state index contributed by atoms with van der Waals surface area (Å²) < 4.78 is 2.53. The molecular weight excluding hydrogens is 414 g/mol. The fourth-order valence-corrected chi connectivity index (χ4v) is 7.52. The molecule has 0 N–H and O–H groups in total. The summed E-state index contributed by atoms with van der Waals surface area (Å²) in [5.41, 5.74) is 3.86. The van der Waals surface area contributed by atoms with Gasteiger partial charge in [0.2, 0.25) is 0 Å². The molecule has 1 aromatic rings. The Morgan fingerprint density at radius 1 is 0.875 bits per heavy atom. The van der Waals surface area contributed by atoms with Gasteiger partial charge in [0.05, 0.1) is 10.9 Å². The van der Waals surface area contributed by atoms with Crippen LogP contribution in [0, 0.1) is 13.8 Å². The molecule has 5 heteroatoms. The minimum Gasteiger partial charge on any atom is -0.346 e. The number of aromatic nitrogens is 1. The van der Waals surface area contributed by atoms with Crippen molar-refractivity contribution in [1.29, 1.82) is 0 Å². The van der Waals surface area contributed by atoms with E-state index in [1.54, 1.807) is 11.8 Å². The van der Waals surface area contributed by atoms with Crippen molar-refractivity contribution in [2.24, 2.45) is 4.99 Å². The number of amides is 1. The highest BCUT2D eigenvalue weighted by atomic mass is 32.2. The molecule has 5 rings (SSSR count). The normalized spacial score (nSPS) is 26.8. The number of carbonyl (C=O) groups excluding carboxylic acids is 1. The topological polar surface area (TPSA) is 37.6 Å². The van der Waals surface area contributed by atoms with Crippen LogP contribution in [0.3, 0.4) is 0 Å². The second-order valence-corrected chi connectivity index (χ2v) is 11.4. The lowest BCUT2D eigenvalue weighted by atomic mass is 9.94. The van der Waals surface area contributed by atoms with E-state index in [0.29, 0.717) is 18.1 Å². The zero-order chi connectivity index (χ0) is 22.1. The van der Waals surface area contributed by atoms with Crippen molar-refractivity contribution in [1.82, 2.24) is 9.47 Å². The Bertz CT molecular complexity index is 896. The number of carbonyl (C=O) groups is 1. The minimum absolute atomic E-state index is 0.196. The van der Waals surface area contributed by atoms with Crippen molar-refractivity contribution in [2.45, 2.75) is 122 Å². The maximum absolute atomic E-state index is 13.7. The average molecular weight is 454 g/mol. The van der Waals surface area contributed by atoms with E-state index in [1.807, 2.05) is 0 Å². The predicted octanol–water partition coefficient (Wildman–Crippen LogP) is 7.16. The SMILES string of the molecule is Cc1cc(C=C2SC(=NC3CCCCC3)N(C3CCCCC3)C2=O)c(C)n1C1CCCC1. The number of aryl methyl sites for hydroxylation is 1. The van der Waals surface area contributed by atoms with Crippen LogP contribution in [0.1, 0.15) is 113 Å². The van der Waals surface area contributed by atoms with E-state index in [9.17, 15) is 4.79 Å². The molecule has 3 saturated carbocycles. The van der Waals surface area contributed by atoms with Crippen LogP contribution in [0.5, 0.6) is 0 Å². The van der Waals surface area contributed by atoms with Gasteiger partial charge in [0.25, 0.3) is 5.91 Å². The van der Waals surface area contributed by atoms with Crippen LogP contribution in [-0.2, 0) is 4.79 Å². The summed E-state index contributed by atoms with van der Waals surface area (Å²) in [6, 6.07) is 3.66. The largest absolute Gasteiger partial charge is 0.346 e. The summed E-state index contributed by atoms with van der Waals surface area (Å²) in [6.07, 6.45) is 19.7. The second kappa shape index (κ2) is 9.79. The fourth-order valence-electron chi connectivity index (χ4n) is 6.42. The molecule has 4 aliphatic rings. The smallest absolute Gasteiger partial charge is 0.267 e. The van der Waals surface area contributed by atoms with Gasteiger partial charge < -0.3 is 4.57 Å². The van der Waals surface area contributed by atoms with Gasteiger partial charge in [-0.05, 0) is 81.8 Å². The summed E-state index contributed by atoms with van der Waals surface area (Å²) in [5.74, 6) is 0.196. The predicted molar refractivity (Wildman–Crippen MR) is 135 cm³/mol. The van der Waals surface area contributed by atoms with E-state index in [1.165, 1.54) is 94.0 Å². The average Bonchev–Trinajstić information content (AvgIpc) is 3.49. The third-order valence-corrected chi connectivity index (χ3v) is 9.14. The van der Waals surface area contributed by atoms with E-state index in [-0.39, 0.29) is 5.91 Å². The molecule has 0 unspecified atom stereocenters. The lowest BCUT2D eigenvalue weighted by molar-refractivity contribution is -0.124. The van der Waals surface area contributed by atoms with Crippen molar-refractivity contribution in [2.75, 3.05) is 0 Å². The molecular formula is C27H39N3OS. The standard InChI is InChI=1S/C27H39N3OS/c1-19-17-21(20(2)29(19)23-15-9-10-16-23)18-25-26(31)30(24-13-7-4-8-14-24)27(32-25)28-22-11-5-3-6-12-22/h17-18,22-24H,3-16H2,1-2H3. The first-order chi connectivity index (χ1) is 15.6. The van der Waals surface area contributed by atoms with E-state index in [2.05, 4.69) is 35.5 Å². The Labute approximate surface area is 197 Å². The quantitative estimate of drug-likeness (QED) is 0.454. The summed E-state index contributed by atoms with van der Waals surface area (Å²) >= 11 is 1.64. The first-order valence-electron chi connectivity index (χ1n) is 13.1. The number of nitrogens with zero attached hydrogens (tertiary/aromatic N) is 3. The second-order valence-electron chi connectivity index (χ2n) is 10.4. The zero-order valence-electron chi connectivity index (χ0n) is 19.9. The Morgan fingerprint density at radius 2 is 1.47 bits per heavy atom. The number of hydrogen-bond donors (Lipinski definition) is 0. The highest BCUT2D eigenvalue weighted by Gasteiger charge is 2.39. The lowest BCUT2D eigenvalue weighted by Gasteiger charge is -2.31. The molecule has 4 fully saturated rings. The van der Waals surface area contributed by atoms with Crippen LogP contribution < -0.4 is 0 Å². The molecule has 1 aromatic heterocycles. The third-order valence-electron chi connectivity index (χ3n) is 8.14. The summed E-state index contributed by atoms with van der Waals surface area (Å²) in [6.45, 7) is 4.46. The van der Waals surface area contributed by atoms with Gasteiger partial charge >= 0.3 is 0 Å². The number of aliphatic imine (C=N–C) groups is 1. The van der Waals surface area contributed by atoms with Crippen LogP contribution in [0.2, 0.25) is 0 Å². The van der Waals surface area contributed by atoms with Crippen molar-refractivity contribution < 1.29 is 4.79 Å². The van der Waals surface area contributed by atoms with E-state index >= 15 is 0 Å². The summed E-state index contributed by atoms with van der Waals surface area (Å²) in [5, 5.41) is 0.990. The van der Waals surface area contributed by atoms with Gasteiger partial charge in [-0.15, -0.1) is 0 Å². The number of rotatable bonds is 4. The number of thioether (sulfide) groups is 1. The Hall–Kier alpha value is -1.49. The van der Waals surface area contributed by atoms with Crippen LogP contribution in [0.4, 0.5) is 0 Å². The van der Waals surface area contributed by atoms with Gasteiger partial charge in [-0.2, -0.15) is 0 Å². The lowest BCUT2D eigenvalue weighted by Crippen LogP contribution is -2.41. The van der Waals surface area contributed by atoms with Crippen LogP contribution in [0.15, 0.2) is 16.0 Å². The Kier molecular flexibility index (Phi) is 6.82. The maximum atomic E-state index is 13.7. The number of amidine groups is 1. The summed E-state index contributed by atoms with van der Waals surface area (Å²) in [4.78, 5) is 21.8. The molecule has 4 nitrogen and oxygen atoms in total. The molecule has 32 heavy (non-hydrogen) atoms. The van der Waals surface area contributed by atoms with E-state index in [0.717, 1.165) is 22.9 Å². The summed E-state index contributed by atoms with van der Waals surface area (Å²) in [7, 11) is 0. The highest BCUT2D eigenvalue weighted by molar-refractivity contribution is 8.18. The number of hydrogen-bond acceptors (Lipinski definition) is 3. The van der Waals surface area contributed by atoms with Gasteiger partial charge in [-0.1, -0.05) is 51.4 Å². The molecule has 1 saturated heterocycles. The molecule has 174 valence electrons. The van der Waals surface area contributed by atoms with Crippen LogP contribution in [0.25, 0.3) is 6.08 Å². The molecule has 0 radical (unpaired) electrons. The van der Waals surface area contributed by atoms with Gasteiger partial charge in [0.15, 0.2) is 5.17 Å². The van der Waals surface area contributed by atoms with Gasteiger partial charge in [0.1, 0.15) is 0 Å². The van der Waals surface area contributed by atoms with Crippen molar-refractivity contribution in [3.63, 3.8) is 0 Å². The molecule has 0 bridgehead atoms. The molecule has 0 spiro atoms. The van der Waals surface area contributed by atoms with Crippen molar-refractivity contribution in [3.8, 4) is 0 Å². The highest BCUT2D eigenvalue weighted by Crippen LogP contribution is 2.40. The van der Waals surface area contributed by atoms with Gasteiger partial charge in [-0.3, -0.25) is 14.7 Å². The fraction of sp³-hybridized carbons (Fsp3) is 0.704. The molecule has 2 heterocycles. The van der Waals surface area contributed by atoms with E-state index < -0.39 is 0 Å². The van der Waals surface area contributed by atoms with E-state index in [4.69, 9.17) is 4.99 Å². The third kappa shape index (κ3) is 4.47. The Morgan fingerprint density at radius 3 is 2.16 bits per heavy atom. The van der Waals surface area contributed by atoms with Crippen molar-refractivity contribution >= 4 is 28.9 Å². The zero-order valence-corrected chi connectivity index (χ0v) is 20.8. The van der Waals surface area contributed by atoms with Crippen LogP contribution in [-0.4, -0.2) is 32.6 Å². The first-order valence-corrected chi connectivity index (χ1v) is 13.9. The minimum atomic E-state index is 0.196. The molecule has 1 aliphatic heterocycles. The van der Waals surface area contributed by atoms with Crippen molar-refractivity contribution in [3.05, 3.63) is 27.9 Å². The monoisotopic (exact) mass is 453 g/mol. The Balaban J connectivity index is 1.45. The van der Waals surface area contributed by atoms with Crippen LogP contribution >= 0.6 is 11.8 Å². The maximum Gasteiger partial charge on any atom is 0.267 e.